The second-order valence-electron chi connectivity index (χ2n) is 3.57. The zero-order chi connectivity index (χ0) is 11.1. The summed E-state index contributed by atoms with van der Waals surface area (Å²) in [6.45, 7) is 0. The van der Waals surface area contributed by atoms with E-state index in [9.17, 15) is 10.1 Å². The molecular weight excluding hydrogens is 210 g/mol. The number of allylic oxidation sites excluding steroid dienone is 2. The second kappa shape index (κ2) is 3.21. The molecule has 2 heterocycles. The van der Waals surface area contributed by atoms with Gasteiger partial charge in [0.25, 0.3) is 0 Å². The maximum atomic E-state index is 10.7. The molecule has 3 rings (SSSR count). The molecule has 0 aromatic heterocycles. The molecule has 0 N–H and O–H groups in total. The van der Waals surface area contributed by atoms with Crippen LogP contribution in [0.4, 0.5) is 0 Å². The van der Waals surface area contributed by atoms with Gasteiger partial charge in [0.05, 0.1) is 5.10 Å². The quantitative estimate of drug-likeness (QED) is 0.445. The second-order valence-corrected chi connectivity index (χ2v) is 3.57. The lowest BCUT2D eigenvalue weighted by atomic mass is 9.97. The normalized spacial score (nSPS) is 30.1. The van der Waals surface area contributed by atoms with Crippen molar-refractivity contribution in [1.82, 2.24) is 0 Å². The van der Waals surface area contributed by atoms with Gasteiger partial charge >= 0.3 is 5.84 Å². The summed E-state index contributed by atoms with van der Waals surface area (Å²) in [5.74, 6) is -0.242. The standard InChI is InChI=1S/C10H7N3O3/c14-13(15)10-9-7(11-12-10)5-6-3-1-2-4-8(6)16-9/h1-5,8-9H. The number of nitrogens with zero attached hydrogens (tertiary/aromatic N) is 3. The highest BCUT2D eigenvalue weighted by Crippen LogP contribution is 2.25. The molecule has 0 radical (unpaired) electrons. The van der Waals surface area contributed by atoms with E-state index in [4.69, 9.17) is 4.74 Å². The van der Waals surface area contributed by atoms with E-state index in [1.807, 2.05) is 24.3 Å². The van der Waals surface area contributed by atoms with Gasteiger partial charge in [-0.25, -0.2) is 0 Å². The third kappa shape index (κ3) is 1.24. The van der Waals surface area contributed by atoms with Gasteiger partial charge in [-0.3, -0.25) is 0 Å². The zero-order valence-electron chi connectivity index (χ0n) is 8.11. The third-order valence-corrected chi connectivity index (χ3v) is 2.57. The highest BCUT2D eigenvalue weighted by Gasteiger charge is 2.42. The summed E-state index contributed by atoms with van der Waals surface area (Å²) in [6.07, 6.45) is 8.29. The lowest BCUT2D eigenvalue weighted by Crippen LogP contribution is -2.40. The van der Waals surface area contributed by atoms with Crippen LogP contribution in [0.1, 0.15) is 0 Å². The minimum absolute atomic E-state index is 0.239. The molecule has 0 fully saturated rings. The van der Waals surface area contributed by atoms with Crippen LogP contribution < -0.4 is 0 Å². The predicted octanol–water partition coefficient (Wildman–Crippen LogP) is 0.851. The molecule has 0 amide bonds. The van der Waals surface area contributed by atoms with Crippen molar-refractivity contribution < 1.29 is 9.66 Å². The van der Waals surface area contributed by atoms with Gasteiger partial charge in [-0.15, -0.1) is 0 Å². The SMILES string of the molecule is O=[N+]([O-])C1=NN=C2C=C3C=CC=CC3OC21. The number of amidine groups is 1. The topological polar surface area (TPSA) is 77.1 Å². The first-order valence-electron chi connectivity index (χ1n) is 4.77. The summed E-state index contributed by atoms with van der Waals surface area (Å²) in [7, 11) is 0. The summed E-state index contributed by atoms with van der Waals surface area (Å²) < 4.78 is 5.58. The van der Waals surface area contributed by atoms with Gasteiger partial charge in [-0.05, 0) is 21.7 Å². The van der Waals surface area contributed by atoms with Crippen LogP contribution in [-0.4, -0.2) is 28.7 Å². The van der Waals surface area contributed by atoms with E-state index < -0.39 is 11.0 Å². The van der Waals surface area contributed by atoms with E-state index in [0.717, 1.165) is 5.57 Å². The van der Waals surface area contributed by atoms with Crippen LogP contribution >= 0.6 is 0 Å². The Kier molecular flexibility index (Phi) is 1.84. The van der Waals surface area contributed by atoms with E-state index in [2.05, 4.69) is 10.2 Å². The van der Waals surface area contributed by atoms with Gasteiger partial charge in [-0.2, -0.15) is 0 Å². The zero-order valence-corrected chi connectivity index (χ0v) is 8.11. The van der Waals surface area contributed by atoms with Crippen LogP contribution in [0.2, 0.25) is 0 Å². The van der Waals surface area contributed by atoms with Gasteiger partial charge in [0.1, 0.15) is 11.8 Å². The van der Waals surface area contributed by atoms with Crippen LogP contribution in [-0.2, 0) is 4.74 Å². The van der Waals surface area contributed by atoms with Gasteiger partial charge in [-0.1, -0.05) is 24.3 Å². The fraction of sp³-hybridized carbons (Fsp3) is 0.200. The fourth-order valence-electron chi connectivity index (χ4n) is 1.82. The number of hydrogen-bond acceptors (Lipinski definition) is 5. The minimum Gasteiger partial charge on any atom is -0.358 e. The van der Waals surface area contributed by atoms with Crippen molar-refractivity contribution >= 4 is 11.5 Å². The Hall–Kier alpha value is -2.08. The van der Waals surface area contributed by atoms with Gasteiger partial charge in [0, 0.05) is 0 Å². The molecule has 0 aromatic carbocycles. The van der Waals surface area contributed by atoms with Gasteiger partial charge < -0.3 is 14.9 Å². The molecule has 0 saturated heterocycles. The van der Waals surface area contributed by atoms with E-state index in [1.165, 1.54) is 0 Å². The number of hydrogen-bond donors (Lipinski definition) is 0. The highest BCUT2D eigenvalue weighted by molar-refractivity contribution is 6.15. The molecule has 0 aromatic rings. The molecule has 0 saturated carbocycles. The molecule has 0 bridgehead atoms. The minimum atomic E-state index is -0.736. The summed E-state index contributed by atoms with van der Waals surface area (Å²) in [6, 6.07) is 0. The van der Waals surface area contributed by atoms with Crippen molar-refractivity contribution in [3.63, 3.8) is 0 Å². The van der Waals surface area contributed by atoms with E-state index >= 15 is 0 Å². The third-order valence-electron chi connectivity index (χ3n) is 2.57. The Morgan fingerprint density at radius 1 is 1.38 bits per heavy atom. The Balaban J connectivity index is 1.97. The number of fused-ring (bicyclic) bond motifs is 2. The van der Waals surface area contributed by atoms with Crippen LogP contribution in [0.15, 0.2) is 46.2 Å². The van der Waals surface area contributed by atoms with E-state index in [0.29, 0.717) is 5.71 Å². The number of nitro groups is 1. The molecule has 2 aliphatic heterocycles. The monoisotopic (exact) mass is 217 g/mol. The molecule has 16 heavy (non-hydrogen) atoms. The van der Waals surface area contributed by atoms with Gasteiger partial charge in [0.15, 0.2) is 0 Å². The Morgan fingerprint density at radius 2 is 2.25 bits per heavy atom. The summed E-state index contributed by atoms with van der Waals surface area (Å²) in [5.41, 5.74) is 1.44. The Labute approximate surface area is 90.5 Å². The lowest BCUT2D eigenvalue weighted by molar-refractivity contribution is -0.357. The largest absolute Gasteiger partial charge is 0.401 e. The smallest absolute Gasteiger partial charge is 0.358 e. The summed E-state index contributed by atoms with van der Waals surface area (Å²) in [4.78, 5) is 10.1. The van der Waals surface area contributed by atoms with E-state index in [-0.39, 0.29) is 11.9 Å². The van der Waals surface area contributed by atoms with Crippen molar-refractivity contribution in [3.05, 3.63) is 46.1 Å². The lowest BCUT2D eigenvalue weighted by Gasteiger charge is -2.25. The fourth-order valence-corrected chi connectivity index (χ4v) is 1.82. The molecule has 1 aliphatic carbocycles. The molecule has 3 aliphatic rings. The van der Waals surface area contributed by atoms with Crippen molar-refractivity contribution in [1.29, 1.82) is 0 Å². The Bertz CT molecular complexity index is 513. The van der Waals surface area contributed by atoms with Crippen molar-refractivity contribution in [2.45, 2.75) is 12.2 Å². The molecule has 6 heteroatoms. The summed E-state index contributed by atoms with van der Waals surface area (Å²) in [5, 5.41) is 18.0. The maximum absolute atomic E-state index is 10.7. The van der Waals surface area contributed by atoms with Crippen LogP contribution in [0.5, 0.6) is 0 Å². The van der Waals surface area contributed by atoms with Gasteiger partial charge in [0.2, 0.25) is 6.10 Å². The highest BCUT2D eigenvalue weighted by atomic mass is 16.6. The first-order chi connectivity index (χ1) is 7.75. The predicted molar refractivity (Wildman–Crippen MR) is 56.9 cm³/mol. The average molecular weight is 217 g/mol. The Morgan fingerprint density at radius 3 is 3.06 bits per heavy atom. The van der Waals surface area contributed by atoms with Crippen LogP contribution in [0.3, 0.4) is 0 Å². The van der Waals surface area contributed by atoms with Crippen molar-refractivity contribution in [3.8, 4) is 0 Å². The van der Waals surface area contributed by atoms with Crippen molar-refractivity contribution in [2.24, 2.45) is 10.2 Å². The first kappa shape index (κ1) is 9.17. The summed E-state index contributed by atoms with van der Waals surface area (Å²) >= 11 is 0. The molecule has 80 valence electrons. The van der Waals surface area contributed by atoms with E-state index in [1.54, 1.807) is 6.08 Å². The maximum Gasteiger partial charge on any atom is 0.401 e. The number of rotatable bonds is 0. The molecule has 2 atom stereocenters. The average Bonchev–Trinajstić information content (AvgIpc) is 2.68. The molecule has 6 nitrogen and oxygen atoms in total. The van der Waals surface area contributed by atoms with Crippen LogP contribution in [0, 0.1) is 10.1 Å². The molecule has 2 unspecified atom stereocenters. The molecule has 0 spiro atoms. The number of ether oxygens (including phenoxy) is 1. The van der Waals surface area contributed by atoms with Crippen LogP contribution in [0.25, 0.3) is 0 Å². The first-order valence-corrected chi connectivity index (χ1v) is 4.77. The van der Waals surface area contributed by atoms with Crippen molar-refractivity contribution in [2.75, 3.05) is 0 Å². The molecular formula is C10H7N3O3.